The van der Waals surface area contributed by atoms with E-state index in [-0.39, 0.29) is 0 Å². The molecule has 0 atom stereocenters. The normalized spacial score (nSPS) is 28.7. The second-order valence-electron chi connectivity index (χ2n) is 5.92. The van der Waals surface area contributed by atoms with Gasteiger partial charge >= 0.3 is 0 Å². The molecule has 0 amide bonds. The van der Waals surface area contributed by atoms with Crippen molar-refractivity contribution in [2.24, 2.45) is 10.8 Å². The summed E-state index contributed by atoms with van der Waals surface area (Å²) in [5.74, 6) is 0. The number of nitrogens with one attached hydrogen (secondary N) is 1. The van der Waals surface area contributed by atoms with Gasteiger partial charge in [0, 0.05) is 18.5 Å². The lowest BCUT2D eigenvalue weighted by Gasteiger charge is -2.39. The van der Waals surface area contributed by atoms with Gasteiger partial charge < -0.3 is 10.1 Å². The third-order valence-electron chi connectivity index (χ3n) is 3.82. The highest BCUT2D eigenvalue weighted by molar-refractivity contribution is 4.86. The van der Waals surface area contributed by atoms with Crippen LogP contribution in [0.3, 0.4) is 0 Å². The molecule has 0 aromatic rings. The molecular formula is C12H23NO. The zero-order valence-corrected chi connectivity index (χ0v) is 9.57. The number of rotatable bonds is 4. The van der Waals surface area contributed by atoms with Crippen LogP contribution in [0, 0.1) is 10.8 Å². The molecule has 0 spiro atoms. The summed E-state index contributed by atoms with van der Waals surface area (Å²) in [6.45, 7) is 8.94. The maximum Gasteiger partial charge on any atom is 0.0554 e. The van der Waals surface area contributed by atoms with Gasteiger partial charge in [0.25, 0.3) is 0 Å². The quantitative estimate of drug-likeness (QED) is 0.746. The van der Waals surface area contributed by atoms with E-state index < -0.39 is 0 Å². The zero-order valence-electron chi connectivity index (χ0n) is 9.57. The lowest BCUT2D eigenvalue weighted by Crippen LogP contribution is -2.48. The maximum absolute atomic E-state index is 5.25. The fraction of sp³-hybridized carbons (Fsp3) is 1.00. The van der Waals surface area contributed by atoms with Crippen molar-refractivity contribution in [3.8, 4) is 0 Å². The summed E-state index contributed by atoms with van der Waals surface area (Å²) in [7, 11) is 0. The molecule has 1 saturated carbocycles. The van der Waals surface area contributed by atoms with Gasteiger partial charge in [-0.1, -0.05) is 26.7 Å². The molecular weight excluding hydrogens is 174 g/mol. The Labute approximate surface area is 87.4 Å². The van der Waals surface area contributed by atoms with E-state index in [0.29, 0.717) is 10.8 Å². The third-order valence-corrected chi connectivity index (χ3v) is 3.82. The molecule has 2 rings (SSSR count). The lowest BCUT2D eigenvalue weighted by molar-refractivity contribution is -0.0996. The largest absolute Gasteiger partial charge is 0.380 e. The Bertz CT molecular complexity index is 192. The summed E-state index contributed by atoms with van der Waals surface area (Å²) in [5, 5.41) is 3.63. The molecule has 1 aliphatic heterocycles. The SMILES string of the molecule is CC1(CNCC2(C)COC2)CCCC1. The molecule has 2 aliphatic rings. The molecule has 2 nitrogen and oxygen atoms in total. The van der Waals surface area contributed by atoms with Crippen molar-refractivity contribution in [2.45, 2.75) is 39.5 Å². The highest BCUT2D eigenvalue weighted by Gasteiger charge is 2.34. The first-order valence-electron chi connectivity index (χ1n) is 5.91. The summed E-state index contributed by atoms with van der Waals surface area (Å²) >= 11 is 0. The van der Waals surface area contributed by atoms with Gasteiger partial charge in [-0.05, 0) is 18.3 Å². The molecule has 82 valence electrons. The average Bonchev–Trinajstić information content (AvgIpc) is 2.50. The monoisotopic (exact) mass is 197 g/mol. The lowest BCUT2D eigenvalue weighted by atomic mass is 9.86. The highest BCUT2D eigenvalue weighted by atomic mass is 16.5. The molecule has 0 radical (unpaired) electrons. The minimum absolute atomic E-state index is 0.426. The summed E-state index contributed by atoms with van der Waals surface area (Å²) in [5.41, 5.74) is 1.01. The topological polar surface area (TPSA) is 21.3 Å². The van der Waals surface area contributed by atoms with E-state index in [1.54, 1.807) is 0 Å². The van der Waals surface area contributed by atoms with Crippen molar-refractivity contribution in [3.05, 3.63) is 0 Å². The molecule has 14 heavy (non-hydrogen) atoms. The summed E-state index contributed by atoms with van der Waals surface area (Å²) in [6.07, 6.45) is 5.68. The van der Waals surface area contributed by atoms with Gasteiger partial charge in [0.15, 0.2) is 0 Å². The Hall–Kier alpha value is -0.0800. The zero-order chi connectivity index (χ0) is 10.1. The third kappa shape index (κ3) is 2.29. The molecule has 1 heterocycles. The van der Waals surface area contributed by atoms with Crippen molar-refractivity contribution in [2.75, 3.05) is 26.3 Å². The van der Waals surface area contributed by atoms with E-state index in [9.17, 15) is 0 Å². The first-order valence-corrected chi connectivity index (χ1v) is 5.91. The minimum atomic E-state index is 0.426. The van der Waals surface area contributed by atoms with Crippen LogP contribution in [0.15, 0.2) is 0 Å². The average molecular weight is 197 g/mol. The van der Waals surface area contributed by atoms with Crippen molar-refractivity contribution in [1.29, 1.82) is 0 Å². The van der Waals surface area contributed by atoms with Crippen LogP contribution in [0.1, 0.15) is 39.5 Å². The molecule has 2 fully saturated rings. The standard InChI is InChI=1S/C12H23NO/c1-11(5-3-4-6-11)7-13-8-12(2)9-14-10-12/h13H,3-10H2,1-2H3. The number of hydrogen-bond acceptors (Lipinski definition) is 2. The van der Waals surface area contributed by atoms with Crippen LogP contribution in [-0.4, -0.2) is 26.3 Å². The van der Waals surface area contributed by atoms with Crippen LogP contribution in [0.5, 0.6) is 0 Å². The second-order valence-corrected chi connectivity index (χ2v) is 5.92. The Balaban J connectivity index is 1.67. The van der Waals surface area contributed by atoms with Gasteiger partial charge in [-0.25, -0.2) is 0 Å². The second kappa shape index (κ2) is 3.82. The number of hydrogen-bond donors (Lipinski definition) is 1. The van der Waals surface area contributed by atoms with Gasteiger partial charge in [0.1, 0.15) is 0 Å². The van der Waals surface area contributed by atoms with Crippen LogP contribution in [0.25, 0.3) is 0 Å². The van der Waals surface area contributed by atoms with E-state index in [1.165, 1.54) is 32.2 Å². The summed E-state index contributed by atoms with van der Waals surface area (Å²) in [4.78, 5) is 0. The smallest absolute Gasteiger partial charge is 0.0554 e. The van der Waals surface area contributed by atoms with Gasteiger partial charge in [0.2, 0.25) is 0 Å². The molecule has 1 N–H and O–H groups in total. The van der Waals surface area contributed by atoms with Crippen LogP contribution >= 0.6 is 0 Å². The molecule has 1 saturated heterocycles. The maximum atomic E-state index is 5.25. The van der Waals surface area contributed by atoms with Crippen LogP contribution in [0.2, 0.25) is 0 Å². The van der Waals surface area contributed by atoms with Crippen molar-refractivity contribution >= 4 is 0 Å². The van der Waals surface area contributed by atoms with Gasteiger partial charge in [-0.3, -0.25) is 0 Å². The Morgan fingerprint density at radius 3 is 2.07 bits per heavy atom. The molecule has 0 aromatic heterocycles. The highest BCUT2D eigenvalue weighted by Crippen LogP contribution is 2.37. The predicted molar refractivity (Wildman–Crippen MR) is 58.4 cm³/mol. The Morgan fingerprint density at radius 1 is 1.00 bits per heavy atom. The van der Waals surface area contributed by atoms with Crippen molar-refractivity contribution in [3.63, 3.8) is 0 Å². The Kier molecular flexibility index (Phi) is 2.85. The van der Waals surface area contributed by atoms with E-state index in [1.807, 2.05) is 0 Å². The van der Waals surface area contributed by atoms with E-state index in [4.69, 9.17) is 4.74 Å². The molecule has 0 unspecified atom stereocenters. The van der Waals surface area contributed by atoms with Crippen LogP contribution in [0.4, 0.5) is 0 Å². The fourth-order valence-corrected chi connectivity index (χ4v) is 2.62. The molecule has 0 bridgehead atoms. The van der Waals surface area contributed by atoms with Gasteiger partial charge in [-0.2, -0.15) is 0 Å². The van der Waals surface area contributed by atoms with E-state index in [2.05, 4.69) is 19.2 Å². The van der Waals surface area contributed by atoms with Gasteiger partial charge in [0.05, 0.1) is 13.2 Å². The van der Waals surface area contributed by atoms with Crippen molar-refractivity contribution < 1.29 is 4.74 Å². The number of ether oxygens (including phenoxy) is 1. The van der Waals surface area contributed by atoms with Crippen molar-refractivity contribution in [1.82, 2.24) is 5.32 Å². The first-order chi connectivity index (χ1) is 6.62. The Morgan fingerprint density at radius 2 is 1.57 bits per heavy atom. The van der Waals surface area contributed by atoms with E-state index >= 15 is 0 Å². The predicted octanol–water partition coefficient (Wildman–Crippen LogP) is 2.19. The van der Waals surface area contributed by atoms with Crippen LogP contribution in [-0.2, 0) is 4.74 Å². The minimum Gasteiger partial charge on any atom is -0.380 e. The summed E-state index contributed by atoms with van der Waals surface area (Å²) in [6, 6.07) is 0. The van der Waals surface area contributed by atoms with Crippen LogP contribution < -0.4 is 5.32 Å². The van der Waals surface area contributed by atoms with E-state index in [0.717, 1.165) is 19.8 Å². The van der Waals surface area contributed by atoms with Gasteiger partial charge in [-0.15, -0.1) is 0 Å². The molecule has 0 aromatic carbocycles. The molecule has 2 heteroatoms. The fourth-order valence-electron chi connectivity index (χ4n) is 2.62. The summed E-state index contributed by atoms with van der Waals surface area (Å²) < 4.78 is 5.25. The molecule has 1 aliphatic carbocycles. The first kappa shape index (κ1) is 10.4.